The van der Waals surface area contributed by atoms with Gasteiger partial charge in [-0.25, -0.2) is 13.1 Å². The largest absolute Gasteiger partial charge is 0.385 e. The highest BCUT2D eigenvalue weighted by molar-refractivity contribution is 7.89. The molecule has 0 aliphatic heterocycles. The maximum Gasteiger partial charge on any atom is 0.211 e. The van der Waals surface area contributed by atoms with E-state index in [1.165, 1.54) is 0 Å². The summed E-state index contributed by atoms with van der Waals surface area (Å²) in [6.45, 7) is 0.952. The molecule has 0 saturated heterocycles. The zero-order chi connectivity index (χ0) is 12.8. The third kappa shape index (κ3) is 5.12. The summed E-state index contributed by atoms with van der Waals surface area (Å²) in [6, 6.07) is 0. The Morgan fingerprint density at radius 3 is 2.53 bits per heavy atom. The Bertz CT molecular complexity index is 313. The van der Waals surface area contributed by atoms with Gasteiger partial charge in [0.15, 0.2) is 0 Å². The number of halogens is 1. The van der Waals surface area contributed by atoms with Gasteiger partial charge in [0.05, 0.1) is 5.75 Å². The molecule has 102 valence electrons. The molecule has 0 aromatic heterocycles. The fourth-order valence-corrected chi connectivity index (χ4v) is 3.74. The number of nitrogens with one attached hydrogen (secondary N) is 1. The molecule has 1 aliphatic carbocycles. The molecule has 6 heteroatoms. The van der Waals surface area contributed by atoms with Crippen LogP contribution in [-0.4, -0.2) is 40.3 Å². The zero-order valence-corrected chi connectivity index (χ0v) is 11.9. The Morgan fingerprint density at radius 1 is 1.35 bits per heavy atom. The molecule has 17 heavy (non-hydrogen) atoms. The standard InChI is InChI=1S/C11H22ClNO3S/c1-16-7-4-8-17(14,15)13-10-11(9-12)5-2-3-6-11/h13H,2-10H2,1H3. The first-order chi connectivity index (χ1) is 8.04. The van der Waals surface area contributed by atoms with Crippen molar-refractivity contribution < 1.29 is 13.2 Å². The number of rotatable bonds is 8. The van der Waals surface area contributed by atoms with E-state index in [0.717, 1.165) is 25.7 Å². The molecule has 0 radical (unpaired) electrons. The van der Waals surface area contributed by atoms with Crippen LogP contribution in [-0.2, 0) is 14.8 Å². The van der Waals surface area contributed by atoms with Crippen molar-refractivity contribution in [1.82, 2.24) is 4.72 Å². The molecule has 1 fully saturated rings. The molecule has 0 unspecified atom stereocenters. The van der Waals surface area contributed by atoms with E-state index in [2.05, 4.69) is 4.72 Å². The number of sulfonamides is 1. The summed E-state index contributed by atoms with van der Waals surface area (Å²) in [5.74, 6) is 0.660. The molecule has 0 spiro atoms. The molecule has 1 saturated carbocycles. The number of hydrogen-bond acceptors (Lipinski definition) is 3. The molecular formula is C11H22ClNO3S. The van der Waals surface area contributed by atoms with E-state index in [0.29, 0.717) is 25.5 Å². The normalized spacial score (nSPS) is 19.6. The average molecular weight is 284 g/mol. The van der Waals surface area contributed by atoms with E-state index in [1.807, 2.05) is 0 Å². The minimum absolute atomic E-state index is 0.0180. The molecule has 0 aromatic rings. The summed E-state index contributed by atoms with van der Waals surface area (Å²) >= 11 is 5.97. The van der Waals surface area contributed by atoms with Crippen LogP contribution >= 0.6 is 11.6 Å². The fourth-order valence-electron chi connectivity index (χ4n) is 2.21. The lowest BCUT2D eigenvalue weighted by Gasteiger charge is -2.26. The highest BCUT2D eigenvalue weighted by Gasteiger charge is 2.33. The van der Waals surface area contributed by atoms with Gasteiger partial charge in [0.1, 0.15) is 0 Å². The van der Waals surface area contributed by atoms with Gasteiger partial charge in [-0.15, -0.1) is 11.6 Å². The third-order valence-electron chi connectivity index (χ3n) is 3.38. The minimum atomic E-state index is -3.18. The molecule has 4 nitrogen and oxygen atoms in total. The molecule has 1 rings (SSSR count). The van der Waals surface area contributed by atoms with Crippen LogP contribution in [0.5, 0.6) is 0 Å². The SMILES string of the molecule is COCCCS(=O)(=O)NCC1(CCl)CCCC1. The molecule has 0 bridgehead atoms. The summed E-state index contributed by atoms with van der Waals surface area (Å²) in [6.07, 6.45) is 4.88. The molecule has 1 N–H and O–H groups in total. The van der Waals surface area contributed by atoms with Crippen LogP contribution in [0, 0.1) is 5.41 Å². The van der Waals surface area contributed by atoms with Gasteiger partial charge < -0.3 is 4.74 Å². The second-order valence-corrected chi connectivity index (χ2v) is 7.02. The lowest BCUT2D eigenvalue weighted by atomic mass is 9.89. The van der Waals surface area contributed by atoms with Gasteiger partial charge in [0.25, 0.3) is 0 Å². The van der Waals surface area contributed by atoms with Crippen LogP contribution in [0.25, 0.3) is 0 Å². The molecule has 0 atom stereocenters. The zero-order valence-electron chi connectivity index (χ0n) is 10.4. The van der Waals surface area contributed by atoms with Crippen LogP contribution in [0.4, 0.5) is 0 Å². The topological polar surface area (TPSA) is 55.4 Å². The van der Waals surface area contributed by atoms with Gasteiger partial charge in [-0.2, -0.15) is 0 Å². The van der Waals surface area contributed by atoms with E-state index in [1.54, 1.807) is 7.11 Å². The predicted octanol–water partition coefficient (Wildman–Crippen LogP) is 1.74. The maximum atomic E-state index is 11.7. The molecular weight excluding hydrogens is 262 g/mol. The number of methoxy groups -OCH3 is 1. The van der Waals surface area contributed by atoms with Gasteiger partial charge in [-0.05, 0) is 24.7 Å². The van der Waals surface area contributed by atoms with Crippen molar-refractivity contribution in [2.75, 3.05) is 31.9 Å². The highest BCUT2D eigenvalue weighted by Crippen LogP contribution is 2.38. The first kappa shape index (κ1) is 15.2. The predicted molar refractivity (Wildman–Crippen MR) is 69.9 cm³/mol. The van der Waals surface area contributed by atoms with Crippen molar-refractivity contribution in [2.45, 2.75) is 32.1 Å². The molecule has 0 heterocycles. The Balaban J connectivity index is 2.37. The Hall–Kier alpha value is 0.160. The smallest absolute Gasteiger partial charge is 0.211 e. The van der Waals surface area contributed by atoms with Crippen molar-refractivity contribution >= 4 is 21.6 Å². The third-order valence-corrected chi connectivity index (χ3v) is 5.35. The first-order valence-corrected chi connectivity index (χ1v) is 8.24. The Labute approximate surface area is 109 Å². The van der Waals surface area contributed by atoms with Gasteiger partial charge in [-0.3, -0.25) is 0 Å². The van der Waals surface area contributed by atoms with E-state index in [9.17, 15) is 8.42 Å². The fraction of sp³-hybridized carbons (Fsp3) is 1.00. The monoisotopic (exact) mass is 283 g/mol. The number of hydrogen-bond donors (Lipinski definition) is 1. The van der Waals surface area contributed by atoms with E-state index < -0.39 is 10.0 Å². The van der Waals surface area contributed by atoms with Crippen molar-refractivity contribution in [1.29, 1.82) is 0 Å². The van der Waals surface area contributed by atoms with Crippen molar-refractivity contribution in [3.8, 4) is 0 Å². The van der Waals surface area contributed by atoms with Gasteiger partial charge in [0, 0.05) is 26.1 Å². The van der Waals surface area contributed by atoms with E-state index in [4.69, 9.17) is 16.3 Å². The van der Waals surface area contributed by atoms with Gasteiger partial charge >= 0.3 is 0 Å². The number of alkyl halides is 1. The quantitative estimate of drug-likeness (QED) is 0.545. The second-order valence-electron chi connectivity index (χ2n) is 4.83. The van der Waals surface area contributed by atoms with Crippen molar-refractivity contribution in [2.24, 2.45) is 5.41 Å². The summed E-state index contributed by atoms with van der Waals surface area (Å²) in [5.41, 5.74) is -0.0180. The molecule has 1 aliphatic rings. The number of ether oxygens (including phenoxy) is 1. The Morgan fingerprint density at radius 2 is 2.00 bits per heavy atom. The lowest BCUT2D eigenvalue weighted by Crippen LogP contribution is -2.38. The average Bonchev–Trinajstić information content (AvgIpc) is 2.76. The molecule has 0 amide bonds. The minimum Gasteiger partial charge on any atom is -0.385 e. The van der Waals surface area contributed by atoms with Crippen LogP contribution in [0.3, 0.4) is 0 Å². The van der Waals surface area contributed by atoms with Crippen LogP contribution in [0.15, 0.2) is 0 Å². The lowest BCUT2D eigenvalue weighted by molar-refractivity contribution is 0.199. The van der Waals surface area contributed by atoms with Gasteiger partial charge in [0.2, 0.25) is 10.0 Å². The maximum absolute atomic E-state index is 11.7. The highest BCUT2D eigenvalue weighted by atomic mass is 35.5. The van der Waals surface area contributed by atoms with Crippen LogP contribution < -0.4 is 4.72 Å². The molecule has 0 aromatic carbocycles. The van der Waals surface area contributed by atoms with Gasteiger partial charge in [-0.1, -0.05) is 12.8 Å². The van der Waals surface area contributed by atoms with E-state index in [-0.39, 0.29) is 11.2 Å². The summed E-state index contributed by atoms with van der Waals surface area (Å²) < 4.78 is 30.9. The van der Waals surface area contributed by atoms with E-state index >= 15 is 0 Å². The summed E-state index contributed by atoms with van der Waals surface area (Å²) in [7, 11) is -1.61. The van der Waals surface area contributed by atoms with Crippen LogP contribution in [0.2, 0.25) is 0 Å². The first-order valence-electron chi connectivity index (χ1n) is 6.06. The van der Waals surface area contributed by atoms with Crippen LogP contribution in [0.1, 0.15) is 32.1 Å². The summed E-state index contributed by atoms with van der Waals surface area (Å²) in [4.78, 5) is 0. The van der Waals surface area contributed by atoms with Crippen molar-refractivity contribution in [3.05, 3.63) is 0 Å². The van der Waals surface area contributed by atoms with Crippen molar-refractivity contribution in [3.63, 3.8) is 0 Å². The second kappa shape index (κ2) is 6.92. The Kier molecular flexibility index (Phi) is 6.20. The summed E-state index contributed by atoms with van der Waals surface area (Å²) in [5, 5.41) is 0.